The van der Waals surface area contributed by atoms with Crippen molar-refractivity contribution >= 4 is 23.0 Å². The van der Waals surface area contributed by atoms with Crippen LogP contribution in [0.15, 0.2) is 46.0 Å². The highest BCUT2D eigenvalue weighted by molar-refractivity contribution is 7.13. The van der Waals surface area contributed by atoms with Gasteiger partial charge in [-0.2, -0.15) is 0 Å². The minimum absolute atomic E-state index is 0.00905. The van der Waals surface area contributed by atoms with Crippen LogP contribution >= 0.6 is 11.3 Å². The fraction of sp³-hybridized carbons (Fsp3) is 0.368. The van der Waals surface area contributed by atoms with Crippen molar-refractivity contribution in [2.24, 2.45) is 12.0 Å². The first kappa shape index (κ1) is 17.8. The van der Waals surface area contributed by atoms with Crippen LogP contribution in [0, 0.1) is 6.92 Å². The molecule has 8 heteroatoms. The Morgan fingerprint density at radius 1 is 1.26 bits per heavy atom. The molecule has 7 nitrogen and oxygen atoms in total. The van der Waals surface area contributed by atoms with Crippen molar-refractivity contribution in [3.63, 3.8) is 0 Å². The molecule has 1 aliphatic heterocycles. The van der Waals surface area contributed by atoms with Crippen molar-refractivity contribution in [2.45, 2.75) is 13.3 Å². The van der Waals surface area contributed by atoms with E-state index >= 15 is 0 Å². The topological polar surface area (TPSA) is 75.4 Å². The first-order valence-electron chi connectivity index (χ1n) is 9.03. The molecule has 1 fully saturated rings. The molecule has 1 aliphatic carbocycles. The van der Waals surface area contributed by atoms with Crippen LogP contribution in [0.1, 0.15) is 12.1 Å². The van der Waals surface area contributed by atoms with Crippen molar-refractivity contribution in [2.75, 3.05) is 26.2 Å². The highest BCUT2D eigenvalue weighted by Gasteiger charge is 2.15. The molecule has 140 valence electrons. The highest BCUT2D eigenvalue weighted by Crippen LogP contribution is 2.25. The van der Waals surface area contributed by atoms with Gasteiger partial charge in [-0.1, -0.05) is 17.4 Å². The van der Waals surface area contributed by atoms with Gasteiger partial charge in [-0.3, -0.25) is 4.79 Å². The molecule has 3 heterocycles. The Balaban J connectivity index is 1.53. The molecule has 2 aromatic heterocycles. The standard InChI is InChI=1S/C19H22N6OS/c1-13-17(27-19(26)24(13)2)16-7-8-21-18(23-16)22-14-3-5-15(6-4-14)25-11-9-20-10-12-25/h3,5-8,20H,4,9-12H2,1-2H3/b22-14+. The summed E-state index contributed by atoms with van der Waals surface area (Å²) in [5, 5.41) is 3.37. The SMILES string of the molecule is Cc1c(-c2ccnc(/N=C3\C=CC(N4CCNCC4)=CC3)n2)sc(=O)n1C. The number of allylic oxidation sites excluding steroid dienone is 3. The van der Waals surface area contributed by atoms with Gasteiger partial charge >= 0.3 is 4.87 Å². The van der Waals surface area contributed by atoms with E-state index in [0.29, 0.717) is 5.95 Å². The van der Waals surface area contributed by atoms with Gasteiger partial charge in [-0.25, -0.2) is 15.0 Å². The summed E-state index contributed by atoms with van der Waals surface area (Å²) in [7, 11) is 1.77. The van der Waals surface area contributed by atoms with E-state index in [0.717, 1.165) is 54.6 Å². The Kier molecular flexibility index (Phi) is 5.00. The summed E-state index contributed by atoms with van der Waals surface area (Å²) in [6.45, 7) is 6.04. The van der Waals surface area contributed by atoms with Gasteiger partial charge in [-0.05, 0) is 25.1 Å². The van der Waals surface area contributed by atoms with Gasteiger partial charge in [0, 0.05) is 62.9 Å². The van der Waals surface area contributed by atoms with Crippen LogP contribution in [0.4, 0.5) is 5.95 Å². The summed E-state index contributed by atoms with van der Waals surface area (Å²) in [5.41, 5.74) is 3.84. The van der Waals surface area contributed by atoms with E-state index in [1.807, 2.05) is 19.1 Å². The minimum atomic E-state index is 0.00905. The van der Waals surface area contributed by atoms with E-state index in [2.05, 4.69) is 37.3 Å². The van der Waals surface area contributed by atoms with Crippen LogP contribution in [0.3, 0.4) is 0 Å². The Morgan fingerprint density at radius 3 is 2.74 bits per heavy atom. The fourth-order valence-electron chi connectivity index (χ4n) is 3.18. The lowest BCUT2D eigenvalue weighted by molar-refractivity contribution is 0.306. The van der Waals surface area contributed by atoms with E-state index in [1.165, 1.54) is 17.0 Å². The van der Waals surface area contributed by atoms with Crippen LogP contribution in [-0.2, 0) is 7.05 Å². The minimum Gasteiger partial charge on any atom is -0.369 e. The first-order valence-corrected chi connectivity index (χ1v) is 9.85. The van der Waals surface area contributed by atoms with Crippen LogP contribution < -0.4 is 10.2 Å². The molecule has 2 aromatic rings. The Bertz CT molecular complexity index is 994. The zero-order chi connectivity index (χ0) is 18.8. The molecular formula is C19H22N6OS. The van der Waals surface area contributed by atoms with Gasteiger partial charge < -0.3 is 14.8 Å². The Morgan fingerprint density at radius 2 is 2.07 bits per heavy atom. The smallest absolute Gasteiger partial charge is 0.307 e. The van der Waals surface area contributed by atoms with E-state index in [1.54, 1.807) is 17.8 Å². The van der Waals surface area contributed by atoms with Gasteiger partial charge in [0.05, 0.1) is 10.6 Å². The maximum absolute atomic E-state index is 11.9. The summed E-state index contributed by atoms with van der Waals surface area (Å²) >= 11 is 1.20. The Labute approximate surface area is 161 Å². The second-order valence-electron chi connectivity index (χ2n) is 6.59. The molecule has 0 saturated carbocycles. The van der Waals surface area contributed by atoms with Crippen molar-refractivity contribution in [3.05, 3.63) is 51.5 Å². The number of hydrogen-bond donors (Lipinski definition) is 1. The molecular weight excluding hydrogens is 360 g/mol. The lowest BCUT2D eigenvalue weighted by Gasteiger charge is -2.31. The molecule has 0 atom stereocenters. The van der Waals surface area contributed by atoms with Gasteiger partial charge in [0.25, 0.3) is 0 Å². The van der Waals surface area contributed by atoms with Crippen molar-refractivity contribution in [1.29, 1.82) is 0 Å². The lowest BCUT2D eigenvalue weighted by atomic mass is 10.1. The van der Waals surface area contributed by atoms with Gasteiger partial charge in [-0.15, -0.1) is 0 Å². The molecule has 1 N–H and O–H groups in total. The van der Waals surface area contributed by atoms with Crippen molar-refractivity contribution in [3.8, 4) is 10.6 Å². The molecule has 27 heavy (non-hydrogen) atoms. The third kappa shape index (κ3) is 3.77. The summed E-state index contributed by atoms with van der Waals surface area (Å²) in [5.74, 6) is 0.425. The largest absolute Gasteiger partial charge is 0.369 e. The molecule has 0 bridgehead atoms. The lowest BCUT2D eigenvalue weighted by Crippen LogP contribution is -2.42. The van der Waals surface area contributed by atoms with E-state index in [-0.39, 0.29) is 4.87 Å². The van der Waals surface area contributed by atoms with Crippen molar-refractivity contribution < 1.29 is 0 Å². The van der Waals surface area contributed by atoms with Crippen LogP contribution in [-0.4, -0.2) is 51.3 Å². The number of nitrogens with zero attached hydrogens (tertiary/aromatic N) is 5. The van der Waals surface area contributed by atoms with Crippen LogP contribution in [0.25, 0.3) is 10.6 Å². The number of aliphatic imine (C=N–C) groups is 1. The quantitative estimate of drug-likeness (QED) is 0.879. The average Bonchev–Trinajstić information content (AvgIpc) is 2.97. The number of rotatable bonds is 3. The number of thiazole rings is 1. The highest BCUT2D eigenvalue weighted by atomic mass is 32.1. The molecule has 0 amide bonds. The third-order valence-corrected chi connectivity index (χ3v) is 6.02. The van der Waals surface area contributed by atoms with E-state index < -0.39 is 0 Å². The third-order valence-electron chi connectivity index (χ3n) is 4.86. The van der Waals surface area contributed by atoms with E-state index in [9.17, 15) is 4.79 Å². The maximum atomic E-state index is 11.9. The van der Waals surface area contributed by atoms with Gasteiger partial charge in [0.1, 0.15) is 0 Å². The van der Waals surface area contributed by atoms with Gasteiger partial charge in [0.15, 0.2) is 0 Å². The number of aromatic nitrogens is 3. The predicted octanol–water partition coefficient (Wildman–Crippen LogP) is 2.03. The van der Waals surface area contributed by atoms with Crippen molar-refractivity contribution in [1.82, 2.24) is 24.8 Å². The van der Waals surface area contributed by atoms with Crippen LogP contribution in [0.5, 0.6) is 0 Å². The van der Waals surface area contributed by atoms with E-state index in [4.69, 9.17) is 0 Å². The molecule has 2 aliphatic rings. The van der Waals surface area contributed by atoms with Gasteiger partial charge in [0.2, 0.25) is 5.95 Å². The molecule has 0 spiro atoms. The number of nitrogens with one attached hydrogen (secondary N) is 1. The second kappa shape index (κ2) is 7.58. The maximum Gasteiger partial charge on any atom is 0.307 e. The normalized spacial score (nSPS) is 18.8. The molecule has 0 unspecified atom stereocenters. The summed E-state index contributed by atoms with van der Waals surface area (Å²) in [6.07, 6.45) is 8.83. The first-order chi connectivity index (χ1) is 13.1. The Hall–Kier alpha value is -2.58. The molecule has 4 rings (SSSR count). The summed E-state index contributed by atoms with van der Waals surface area (Å²) < 4.78 is 1.64. The molecule has 0 radical (unpaired) electrons. The number of hydrogen-bond acceptors (Lipinski definition) is 7. The molecule has 1 saturated heterocycles. The zero-order valence-corrected chi connectivity index (χ0v) is 16.3. The summed E-state index contributed by atoms with van der Waals surface area (Å²) in [6, 6.07) is 1.82. The fourth-order valence-corrected chi connectivity index (χ4v) is 4.13. The molecule has 0 aromatic carbocycles. The number of piperazine rings is 1. The zero-order valence-electron chi connectivity index (χ0n) is 15.5. The summed E-state index contributed by atoms with van der Waals surface area (Å²) in [4.78, 5) is 28.6. The van der Waals surface area contributed by atoms with Crippen LogP contribution in [0.2, 0.25) is 0 Å². The predicted molar refractivity (Wildman–Crippen MR) is 109 cm³/mol. The average molecular weight is 382 g/mol. The second-order valence-corrected chi connectivity index (χ2v) is 7.55. The monoisotopic (exact) mass is 382 g/mol.